The second-order valence-corrected chi connectivity index (χ2v) is 5.04. The SMILES string of the molecule is CCNC(=O)C1COCCN1C(=O)NC(C)(C)C(=O)O. The molecule has 0 bridgehead atoms. The van der Waals surface area contributed by atoms with Gasteiger partial charge in [0.05, 0.1) is 13.2 Å². The minimum atomic E-state index is -1.40. The average Bonchev–Trinajstić information content (AvgIpc) is 2.38. The zero-order chi connectivity index (χ0) is 15.3. The molecule has 0 spiro atoms. The van der Waals surface area contributed by atoms with Crippen molar-refractivity contribution in [2.45, 2.75) is 32.4 Å². The maximum atomic E-state index is 12.2. The number of likely N-dealkylation sites (N-methyl/N-ethyl adjacent to an activating group) is 1. The minimum Gasteiger partial charge on any atom is -0.480 e. The Hall–Kier alpha value is -1.83. The van der Waals surface area contributed by atoms with Crippen LogP contribution in [0, 0.1) is 0 Å². The summed E-state index contributed by atoms with van der Waals surface area (Å²) < 4.78 is 5.21. The van der Waals surface area contributed by atoms with E-state index in [-0.39, 0.29) is 19.1 Å². The van der Waals surface area contributed by atoms with Crippen molar-refractivity contribution in [3.05, 3.63) is 0 Å². The summed E-state index contributed by atoms with van der Waals surface area (Å²) in [6.07, 6.45) is 0. The lowest BCUT2D eigenvalue weighted by atomic mass is 10.1. The lowest BCUT2D eigenvalue weighted by molar-refractivity contribution is -0.143. The highest BCUT2D eigenvalue weighted by Gasteiger charge is 2.36. The third kappa shape index (κ3) is 3.83. The summed E-state index contributed by atoms with van der Waals surface area (Å²) in [7, 11) is 0. The summed E-state index contributed by atoms with van der Waals surface area (Å²) in [6.45, 7) is 5.65. The van der Waals surface area contributed by atoms with Gasteiger partial charge < -0.3 is 25.4 Å². The van der Waals surface area contributed by atoms with E-state index in [0.717, 1.165) is 0 Å². The van der Waals surface area contributed by atoms with Crippen LogP contribution in [-0.2, 0) is 14.3 Å². The topological polar surface area (TPSA) is 108 Å². The number of rotatable bonds is 4. The van der Waals surface area contributed by atoms with Gasteiger partial charge in [0.2, 0.25) is 5.91 Å². The summed E-state index contributed by atoms with van der Waals surface area (Å²) in [6, 6.07) is -1.33. The van der Waals surface area contributed by atoms with Crippen LogP contribution in [0.25, 0.3) is 0 Å². The van der Waals surface area contributed by atoms with Crippen LogP contribution in [0.15, 0.2) is 0 Å². The number of aliphatic carboxylic acids is 1. The fourth-order valence-electron chi connectivity index (χ4n) is 1.75. The monoisotopic (exact) mass is 287 g/mol. The summed E-state index contributed by atoms with van der Waals surface area (Å²) in [5.41, 5.74) is -1.40. The largest absolute Gasteiger partial charge is 0.480 e. The Morgan fingerprint density at radius 3 is 2.60 bits per heavy atom. The van der Waals surface area contributed by atoms with Crippen molar-refractivity contribution in [3.8, 4) is 0 Å². The Morgan fingerprint density at radius 2 is 2.05 bits per heavy atom. The lowest BCUT2D eigenvalue weighted by Gasteiger charge is -2.36. The summed E-state index contributed by atoms with van der Waals surface area (Å²) in [5, 5.41) is 14.0. The molecule has 0 aromatic rings. The number of carbonyl (C=O) groups is 3. The van der Waals surface area contributed by atoms with Crippen LogP contribution in [0.4, 0.5) is 4.79 Å². The fourth-order valence-corrected chi connectivity index (χ4v) is 1.75. The third-order valence-electron chi connectivity index (χ3n) is 3.00. The highest BCUT2D eigenvalue weighted by molar-refractivity contribution is 5.90. The van der Waals surface area contributed by atoms with Gasteiger partial charge in [-0.1, -0.05) is 0 Å². The zero-order valence-corrected chi connectivity index (χ0v) is 11.9. The van der Waals surface area contributed by atoms with Gasteiger partial charge in [0.15, 0.2) is 0 Å². The fraction of sp³-hybridized carbons (Fsp3) is 0.750. The number of morpholine rings is 1. The lowest BCUT2D eigenvalue weighted by Crippen LogP contribution is -2.62. The molecule has 0 aromatic heterocycles. The Bertz CT molecular complexity index is 397. The van der Waals surface area contributed by atoms with E-state index in [1.54, 1.807) is 6.92 Å². The molecule has 3 N–H and O–H groups in total. The number of carboxylic acid groups (broad SMARTS) is 1. The van der Waals surface area contributed by atoms with E-state index < -0.39 is 23.6 Å². The number of carboxylic acids is 1. The van der Waals surface area contributed by atoms with Gasteiger partial charge in [-0.25, -0.2) is 9.59 Å². The van der Waals surface area contributed by atoms with Crippen molar-refractivity contribution in [3.63, 3.8) is 0 Å². The normalized spacial score (nSPS) is 19.4. The molecule has 8 nitrogen and oxygen atoms in total. The molecule has 0 saturated carbocycles. The van der Waals surface area contributed by atoms with Gasteiger partial charge >= 0.3 is 12.0 Å². The van der Waals surface area contributed by atoms with E-state index in [1.807, 2.05) is 0 Å². The molecule has 1 atom stereocenters. The van der Waals surface area contributed by atoms with Gasteiger partial charge in [-0.3, -0.25) is 4.79 Å². The van der Waals surface area contributed by atoms with Gasteiger partial charge in [0.1, 0.15) is 11.6 Å². The molecule has 1 unspecified atom stereocenters. The number of nitrogens with one attached hydrogen (secondary N) is 2. The molecule has 114 valence electrons. The van der Waals surface area contributed by atoms with E-state index in [9.17, 15) is 14.4 Å². The Kier molecular flexibility index (Phi) is 5.32. The van der Waals surface area contributed by atoms with Gasteiger partial charge in [-0.2, -0.15) is 0 Å². The molecule has 1 aliphatic heterocycles. The van der Waals surface area contributed by atoms with Crippen LogP contribution in [0.2, 0.25) is 0 Å². The predicted molar refractivity (Wildman–Crippen MR) is 70.2 cm³/mol. The van der Waals surface area contributed by atoms with E-state index in [4.69, 9.17) is 9.84 Å². The Balaban J connectivity index is 2.77. The molecule has 1 fully saturated rings. The molecule has 0 radical (unpaired) electrons. The van der Waals surface area contributed by atoms with Crippen molar-refractivity contribution >= 4 is 17.9 Å². The summed E-state index contributed by atoms with van der Waals surface area (Å²) in [4.78, 5) is 36.4. The van der Waals surface area contributed by atoms with Gasteiger partial charge in [-0.15, -0.1) is 0 Å². The number of nitrogens with zero attached hydrogens (tertiary/aromatic N) is 1. The maximum absolute atomic E-state index is 12.2. The van der Waals surface area contributed by atoms with Crippen molar-refractivity contribution in [1.29, 1.82) is 0 Å². The summed E-state index contributed by atoms with van der Waals surface area (Å²) in [5.74, 6) is -1.45. The highest BCUT2D eigenvalue weighted by Crippen LogP contribution is 2.10. The van der Waals surface area contributed by atoms with Crippen LogP contribution in [0.3, 0.4) is 0 Å². The predicted octanol–water partition coefficient (Wildman–Crippen LogP) is -0.604. The molecule has 3 amide bonds. The van der Waals surface area contributed by atoms with Crippen molar-refractivity contribution in [2.75, 3.05) is 26.3 Å². The maximum Gasteiger partial charge on any atom is 0.328 e. The second-order valence-electron chi connectivity index (χ2n) is 5.04. The molecule has 0 aromatic carbocycles. The molecular formula is C12H21N3O5. The first-order valence-electron chi connectivity index (χ1n) is 6.47. The molecule has 20 heavy (non-hydrogen) atoms. The highest BCUT2D eigenvalue weighted by atomic mass is 16.5. The number of carbonyl (C=O) groups excluding carboxylic acids is 2. The van der Waals surface area contributed by atoms with Crippen LogP contribution >= 0.6 is 0 Å². The molecular weight excluding hydrogens is 266 g/mol. The number of hydrogen-bond acceptors (Lipinski definition) is 4. The van der Waals surface area contributed by atoms with Crippen LogP contribution in [0.5, 0.6) is 0 Å². The Morgan fingerprint density at radius 1 is 1.40 bits per heavy atom. The first kappa shape index (κ1) is 16.2. The van der Waals surface area contributed by atoms with Gasteiger partial charge in [-0.05, 0) is 20.8 Å². The summed E-state index contributed by atoms with van der Waals surface area (Å²) >= 11 is 0. The minimum absolute atomic E-state index is 0.104. The van der Waals surface area contributed by atoms with Crippen LogP contribution < -0.4 is 10.6 Å². The standard InChI is InChI=1S/C12H21N3O5/c1-4-13-9(16)8-7-20-6-5-15(8)11(19)14-12(2,3)10(17)18/h8H,4-7H2,1-3H3,(H,13,16)(H,14,19)(H,17,18). The number of urea groups is 1. The van der Waals surface area contributed by atoms with Gasteiger partial charge in [0.25, 0.3) is 0 Å². The van der Waals surface area contributed by atoms with Crippen LogP contribution in [-0.4, -0.2) is 65.8 Å². The molecule has 1 saturated heterocycles. The van der Waals surface area contributed by atoms with Crippen LogP contribution in [0.1, 0.15) is 20.8 Å². The first-order chi connectivity index (χ1) is 9.29. The smallest absolute Gasteiger partial charge is 0.328 e. The average molecular weight is 287 g/mol. The first-order valence-corrected chi connectivity index (χ1v) is 6.47. The number of ether oxygens (including phenoxy) is 1. The second kappa shape index (κ2) is 6.56. The number of hydrogen-bond donors (Lipinski definition) is 3. The van der Waals surface area contributed by atoms with Gasteiger partial charge in [0, 0.05) is 13.1 Å². The number of amides is 3. The van der Waals surface area contributed by atoms with E-state index in [1.165, 1.54) is 18.7 Å². The molecule has 0 aliphatic carbocycles. The molecule has 1 aliphatic rings. The molecule has 8 heteroatoms. The van der Waals surface area contributed by atoms with Crippen molar-refractivity contribution in [1.82, 2.24) is 15.5 Å². The van der Waals surface area contributed by atoms with E-state index in [2.05, 4.69) is 10.6 Å². The molecule has 1 heterocycles. The third-order valence-corrected chi connectivity index (χ3v) is 3.00. The van der Waals surface area contributed by atoms with Crippen molar-refractivity contribution < 1.29 is 24.2 Å². The van der Waals surface area contributed by atoms with E-state index in [0.29, 0.717) is 13.2 Å². The Labute approximate surface area is 117 Å². The molecule has 1 rings (SSSR count). The van der Waals surface area contributed by atoms with Crippen molar-refractivity contribution in [2.24, 2.45) is 0 Å². The zero-order valence-electron chi connectivity index (χ0n) is 11.9. The van der Waals surface area contributed by atoms with E-state index >= 15 is 0 Å². The quantitative estimate of drug-likeness (QED) is 0.639.